The normalized spacial score (nSPS) is 13.6. The zero-order valence-electron chi connectivity index (χ0n) is 16.0. The fourth-order valence-corrected chi connectivity index (χ4v) is 4.60. The lowest BCUT2D eigenvalue weighted by atomic mass is 10.3. The van der Waals surface area contributed by atoms with E-state index >= 15 is 0 Å². The van der Waals surface area contributed by atoms with Crippen molar-refractivity contribution in [2.45, 2.75) is 36.0 Å². The second-order valence-corrected chi connectivity index (χ2v) is 8.71. The van der Waals surface area contributed by atoms with Gasteiger partial charge < -0.3 is 30.2 Å². The topological polar surface area (TPSA) is 137 Å². The summed E-state index contributed by atoms with van der Waals surface area (Å²) >= 11 is 3.72. The van der Waals surface area contributed by atoms with Crippen molar-refractivity contribution in [1.82, 2.24) is 24.8 Å². The van der Waals surface area contributed by atoms with Crippen molar-refractivity contribution in [2.75, 3.05) is 19.1 Å². The molecular weight excluding hydrogens is 523 g/mol. The second-order valence-electron chi connectivity index (χ2n) is 6.54. The van der Waals surface area contributed by atoms with Crippen molar-refractivity contribution in [1.29, 1.82) is 0 Å². The van der Waals surface area contributed by atoms with Gasteiger partial charge in [-0.05, 0) is 48.1 Å². The van der Waals surface area contributed by atoms with E-state index in [4.69, 9.17) is 15.2 Å². The van der Waals surface area contributed by atoms with Crippen molar-refractivity contribution >= 4 is 57.2 Å². The lowest BCUT2D eigenvalue weighted by molar-refractivity contribution is -0.128. The molecule has 1 aliphatic heterocycles. The van der Waals surface area contributed by atoms with Crippen LogP contribution in [0.3, 0.4) is 0 Å². The molecule has 1 aromatic carbocycles. The highest BCUT2D eigenvalue weighted by Gasteiger charge is 2.20. The summed E-state index contributed by atoms with van der Waals surface area (Å²) < 4.78 is 13.9. The number of anilines is 1. The minimum absolute atomic E-state index is 0.211. The Morgan fingerprint density at radius 3 is 2.93 bits per heavy atom. The summed E-state index contributed by atoms with van der Waals surface area (Å²) in [5, 5.41) is 12.7. The number of nitrogens with zero attached hydrogens (tertiary/aromatic N) is 4. The first-order valence-corrected chi connectivity index (χ1v) is 11.0. The molecule has 158 valence electrons. The summed E-state index contributed by atoms with van der Waals surface area (Å²) in [6.07, 6.45) is 0.995. The number of aryl methyl sites for hydroxylation is 1. The molecule has 30 heavy (non-hydrogen) atoms. The first-order chi connectivity index (χ1) is 14.4. The number of nitrogens with one attached hydrogen (secondary N) is 1. The molecule has 2 aromatic heterocycles. The number of nitrogen functional groups attached to an aromatic ring is 1. The molecule has 0 bridgehead atoms. The minimum Gasteiger partial charge on any atom is -0.454 e. The molecule has 0 radical (unpaired) electrons. The van der Waals surface area contributed by atoms with Gasteiger partial charge in [0.15, 0.2) is 33.6 Å². The summed E-state index contributed by atoms with van der Waals surface area (Å²) in [5.41, 5.74) is 7.16. The maximum absolute atomic E-state index is 11.6. The standard InChI is InChI=1S/C18H19IN6O4S/c1-9(26)17(27)21-3-2-4-25-16-14(15(20)22-7-23-16)24-18(25)30-13-6-12-11(5-10(13)19)28-8-29-12/h5-7,9,26H,2-4,8H2,1H3,(H,21,27)(H2,20,22,23). The Bertz CT molecular complexity index is 1110. The Hall–Kier alpha value is -2.32. The summed E-state index contributed by atoms with van der Waals surface area (Å²) in [6.45, 7) is 2.61. The zero-order chi connectivity index (χ0) is 21.3. The van der Waals surface area contributed by atoms with Crippen LogP contribution < -0.4 is 20.5 Å². The van der Waals surface area contributed by atoms with Gasteiger partial charge in [-0.25, -0.2) is 15.0 Å². The van der Waals surface area contributed by atoms with Gasteiger partial charge in [0.1, 0.15) is 12.4 Å². The fourth-order valence-electron chi connectivity index (χ4n) is 2.88. The number of carbonyl (C=O) groups is 1. The van der Waals surface area contributed by atoms with Crippen LogP contribution in [0.25, 0.3) is 11.2 Å². The highest BCUT2D eigenvalue weighted by Crippen LogP contribution is 2.41. The van der Waals surface area contributed by atoms with E-state index in [-0.39, 0.29) is 6.79 Å². The van der Waals surface area contributed by atoms with E-state index in [1.54, 1.807) is 0 Å². The summed E-state index contributed by atoms with van der Waals surface area (Å²) in [6, 6.07) is 3.86. The number of hydrogen-bond donors (Lipinski definition) is 3. The molecule has 0 spiro atoms. The molecule has 4 rings (SSSR count). The Balaban J connectivity index is 1.60. The van der Waals surface area contributed by atoms with Crippen LogP contribution >= 0.6 is 34.4 Å². The van der Waals surface area contributed by atoms with Gasteiger partial charge in [0.05, 0.1) is 0 Å². The van der Waals surface area contributed by atoms with Gasteiger partial charge in [0.25, 0.3) is 0 Å². The van der Waals surface area contributed by atoms with E-state index in [1.807, 2.05) is 16.7 Å². The third-order valence-electron chi connectivity index (χ3n) is 4.39. The number of amides is 1. The zero-order valence-corrected chi connectivity index (χ0v) is 18.9. The highest BCUT2D eigenvalue weighted by molar-refractivity contribution is 14.1. The molecule has 0 aliphatic carbocycles. The summed E-state index contributed by atoms with van der Waals surface area (Å²) in [7, 11) is 0. The number of aliphatic hydroxyl groups is 1. The number of rotatable bonds is 7. The number of aliphatic hydroxyl groups excluding tert-OH is 1. The largest absolute Gasteiger partial charge is 0.454 e. The molecule has 0 fully saturated rings. The number of benzene rings is 1. The molecule has 1 unspecified atom stereocenters. The number of hydrogen-bond acceptors (Lipinski definition) is 9. The lowest BCUT2D eigenvalue weighted by Gasteiger charge is -2.11. The van der Waals surface area contributed by atoms with Crippen molar-refractivity contribution < 1.29 is 19.4 Å². The first-order valence-electron chi connectivity index (χ1n) is 9.13. The number of imidazole rings is 1. The fraction of sp³-hybridized carbons (Fsp3) is 0.333. The van der Waals surface area contributed by atoms with Crippen LogP contribution in [0.1, 0.15) is 13.3 Å². The van der Waals surface area contributed by atoms with Crippen molar-refractivity contribution in [3.63, 3.8) is 0 Å². The Labute approximate surface area is 189 Å². The molecule has 3 aromatic rings. The van der Waals surface area contributed by atoms with Crippen LogP contribution in [0.4, 0.5) is 5.82 Å². The number of aromatic nitrogens is 4. The molecule has 0 saturated heterocycles. The molecule has 1 amide bonds. The van der Waals surface area contributed by atoms with Crippen LogP contribution in [0, 0.1) is 3.57 Å². The number of carbonyl (C=O) groups excluding carboxylic acids is 1. The molecular formula is C18H19IN6O4S. The Morgan fingerprint density at radius 2 is 2.17 bits per heavy atom. The molecule has 1 atom stereocenters. The Morgan fingerprint density at radius 1 is 1.40 bits per heavy atom. The number of ether oxygens (including phenoxy) is 2. The van der Waals surface area contributed by atoms with Crippen LogP contribution in [0.2, 0.25) is 0 Å². The molecule has 1 aliphatic rings. The predicted octanol–water partition coefficient (Wildman–Crippen LogP) is 1.78. The predicted molar refractivity (Wildman–Crippen MR) is 118 cm³/mol. The van der Waals surface area contributed by atoms with Crippen LogP contribution in [-0.2, 0) is 11.3 Å². The van der Waals surface area contributed by atoms with Gasteiger partial charge in [0.2, 0.25) is 12.7 Å². The van der Waals surface area contributed by atoms with E-state index in [0.29, 0.717) is 47.4 Å². The third kappa shape index (κ3) is 4.25. The highest BCUT2D eigenvalue weighted by atomic mass is 127. The SMILES string of the molecule is CC(O)C(=O)NCCCn1c(Sc2cc3c(cc2I)OCO3)nc2c(N)ncnc21. The monoisotopic (exact) mass is 542 g/mol. The average molecular weight is 542 g/mol. The van der Waals surface area contributed by atoms with Gasteiger partial charge in [-0.3, -0.25) is 4.79 Å². The van der Waals surface area contributed by atoms with E-state index in [1.165, 1.54) is 25.0 Å². The smallest absolute Gasteiger partial charge is 0.248 e. The molecule has 4 N–H and O–H groups in total. The Kier molecular flexibility index (Phi) is 6.15. The maximum Gasteiger partial charge on any atom is 0.248 e. The number of fused-ring (bicyclic) bond motifs is 2. The van der Waals surface area contributed by atoms with Gasteiger partial charge in [-0.15, -0.1) is 0 Å². The lowest BCUT2D eigenvalue weighted by Crippen LogP contribution is -2.33. The van der Waals surface area contributed by atoms with Crippen molar-refractivity contribution in [2.24, 2.45) is 0 Å². The van der Waals surface area contributed by atoms with E-state index in [0.717, 1.165) is 14.2 Å². The first kappa shape index (κ1) is 20.9. The third-order valence-corrected chi connectivity index (χ3v) is 6.70. The number of halogens is 1. The van der Waals surface area contributed by atoms with E-state index < -0.39 is 12.0 Å². The molecule has 3 heterocycles. The van der Waals surface area contributed by atoms with E-state index in [2.05, 4.69) is 42.9 Å². The van der Waals surface area contributed by atoms with Crippen LogP contribution in [0.5, 0.6) is 11.5 Å². The molecule has 12 heteroatoms. The number of nitrogens with two attached hydrogens (primary N) is 1. The van der Waals surface area contributed by atoms with Crippen LogP contribution in [0.15, 0.2) is 28.5 Å². The van der Waals surface area contributed by atoms with Gasteiger partial charge in [-0.2, -0.15) is 0 Å². The summed E-state index contributed by atoms with van der Waals surface area (Å²) in [4.78, 5) is 25.6. The van der Waals surface area contributed by atoms with E-state index in [9.17, 15) is 9.90 Å². The molecule has 0 saturated carbocycles. The second kappa shape index (κ2) is 8.81. The van der Waals surface area contributed by atoms with Crippen LogP contribution in [-0.4, -0.2) is 50.0 Å². The average Bonchev–Trinajstić information content (AvgIpc) is 3.30. The summed E-state index contributed by atoms with van der Waals surface area (Å²) in [5.74, 6) is 1.33. The maximum atomic E-state index is 11.6. The van der Waals surface area contributed by atoms with Gasteiger partial charge in [0, 0.05) is 21.6 Å². The van der Waals surface area contributed by atoms with Gasteiger partial charge in [-0.1, -0.05) is 11.8 Å². The molecule has 10 nitrogen and oxygen atoms in total. The van der Waals surface area contributed by atoms with Crippen molar-refractivity contribution in [3.05, 3.63) is 22.0 Å². The quantitative estimate of drug-likeness (QED) is 0.301. The minimum atomic E-state index is -1.04. The van der Waals surface area contributed by atoms with Crippen molar-refractivity contribution in [3.8, 4) is 11.5 Å². The van der Waals surface area contributed by atoms with Gasteiger partial charge >= 0.3 is 0 Å².